The van der Waals surface area contributed by atoms with Gasteiger partial charge in [0.05, 0.1) is 0 Å². The van der Waals surface area contributed by atoms with E-state index < -0.39 is 24.5 Å². The molecule has 4 N–H and O–H groups in total. The van der Waals surface area contributed by atoms with Crippen molar-refractivity contribution in [3.63, 3.8) is 0 Å². The molecule has 1 saturated carbocycles. The number of carboxylic acid groups (broad SMARTS) is 1. The molecule has 3 amide bonds. The SMILES string of the molecule is NC(=O)CN(CC(=O)O)C(=O)NC1CC1. The summed E-state index contributed by atoms with van der Waals surface area (Å²) in [4.78, 5) is 33.3. The second kappa shape index (κ2) is 4.63. The van der Waals surface area contributed by atoms with Gasteiger partial charge in [0.2, 0.25) is 5.91 Å². The highest BCUT2D eigenvalue weighted by Crippen LogP contribution is 2.18. The topological polar surface area (TPSA) is 113 Å². The fraction of sp³-hybridized carbons (Fsp3) is 0.625. The first-order valence-corrected chi connectivity index (χ1v) is 4.54. The molecule has 15 heavy (non-hydrogen) atoms. The number of urea groups is 1. The van der Waals surface area contributed by atoms with Crippen LogP contribution in [0.5, 0.6) is 0 Å². The number of primary amides is 1. The molecule has 84 valence electrons. The first-order chi connectivity index (χ1) is 6.99. The Morgan fingerprint density at radius 3 is 2.33 bits per heavy atom. The Balaban J connectivity index is 2.48. The van der Waals surface area contributed by atoms with Crippen molar-refractivity contribution in [2.24, 2.45) is 5.73 Å². The molecule has 1 rings (SSSR count). The lowest BCUT2D eigenvalue weighted by atomic mass is 10.4. The fourth-order valence-corrected chi connectivity index (χ4v) is 1.04. The number of carbonyl (C=O) groups excluding carboxylic acids is 2. The van der Waals surface area contributed by atoms with Gasteiger partial charge >= 0.3 is 12.0 Å². The van der Waals surface area contributed by atoms with Crippen LogP contribution in [0.25, 0.3) is 0 Å². The van der Waals surface area contributed by atoms with Gasteiger partial charge in [-0.15, -0.1) is 0 Å². The molecule has 0 spiro atoms. The minimum Gasteiger partial charge on any atom is -0.480 e. The second-order valence-electron chi connectivity index (χ2n) is 3.44. The molecule has 7 nitrogen and oxygen atoms in total. The summed E-state index contributed by atoms with van der Waals surface area (Å²) < 4.78 is 0. The minimum atomic E-state index is -1.18. The molecule has 1 fully saturated rings. The number of carboxylic acids is 1. The number of hydrogen-bond donors (Lipinski definition) is 3. The summed E-state index contributed by atoms with van der Waals surface area (Å²) in [6, 6.07) is -0.444. The van der Waals surface area contributed by atoms with Gasteiger partial charge < -0.3 is 21.1 Å². The molecule has 0 atom stereocenters. The normalized spacial score (nSPS) is 14.4. The summed E-state index contributed by atoms with van der Waals surface area (Å²) in [5, 5.41) is 11.1. The molecule has 0 bridgehead atoms. The van der Waals surface area contributed by atoms with Gasteiger partial charge in [-0.2, -0.15) is 0 Å². The number of nitrogens with one attached hydrogen (secondary N) is 1. The molecule has 0 saturated heterocycles. The van der Waals surface area contributed by atoms with Crippen LogP contribution in [0.4, 0.5) is 4.79 Å². The lowest BCUT2D eigenvalue weighted by Gasteiger charge is -2.19. The van der Waals surface area contributed by atoms with Crippen LogP contribution < -0.4 is 11.1 Å². The maximum absolute atomic E-state index is 11.4. The summed E-state index contributed by atoms with van der Waals surface area (Å²) in [5.74, 6) is -1.91. The Bertz CT molecular complexity index is 272. The summed E-state index contributed by atoms with van der Waals surface area (Å²) >= 11 is 0. The average Bonchev–Trinajstić information content (AvgIpc) is 2.85. The molecular formula is C8H13N3O4. The van der Waals surface area contributed by atoms with E-state index in [1.165, 1.54) is 0 Å². The molecule has 7 heteroatoms. The monoisotopic (exact) mass is 215 g/mol. The first kappa shape index (κ1) is 11.3. The molecule has 0 heterocycles. The van der Waals surface area contributed by atoms with Crippen molar-refractivity contribution in [2.45, 2.75) is 18.9 Å². The fourth-order valence-electron chi connectivity index (χ4n) is 1.04. The first-order valence-electron chi connectivity index (χ1n) is 4.54. The highest BCUT2D eigenvalue weighted by atomic mass is 16.4. The van der Waals surface area contributed by atoms with E-state index in [9.17, 15) is 14.4 Å². The molecule has 0 aromatic carbocycles. The van der Waals surface area contributed by atoms with Crippen LogP contribution in [0.3, 0.4) is 0 Å². The standard InChI is InChI=1S/C8H13N3O4/c9-6(12)3-11(4-7(13)14)8(15)10-5-1-2-5/h5H,1-4H2,(H2,9,12)(H,10,15)(H,13,14). The van der Waals surface area contributed by atoms with Crippen molar-refractivity contribution >= 4 is 17.9 Å². The van der Waals surface area contributed by atoms with Crippen LogP contribution in [0.1, 0.15) is 12.8 Å². The quantitative estimate of drug-likeness (QED) is 0.530. The third kappa shape index (κ3) is 4.30. The zero-order valence-corrected chi connectivity index (χ0v) is 8.10. The smallest absolute Gasteiger partial charge is 0.323 e. The number of nitrogens with zero attached hydrogens (tertiary/aromatic N) is 1. The van der Waals surface area contributed by atoms with E-state index in [2.05, 4.69) is 5.32 Å². The van der Waals surface area contributed by atoms with Crippen LogP contribution in [0.15, 0.2) is 0 Å². The van der Waals surface area contributed by atoms with Crippen LogP contribution in [-0.2, 0) is 9.59 Å². The van der Waals surface area contributed by atoms with Crippen LogP contribution in [-0.4, -0.2) is 47.0 Å². The number of carbonyl (C=O) groups is 3. The highest BCUT2D eigenvalue weighted by molar-refractivity contribution is 5.86. The molecular weight excluding hydrogens is 202 g/mol. The predicted octanol–water partition coefficient (Wildman–Crippen LogP) is -1.27. The summed E-state index contributed by atoms with van der Waals surface area (Å²) in [6.45, 7) is -0.910. The Morgan fingerprint density at radius 1 is 1.33 bits per heavy atom. The largest absolute Gasteiger partial charge is 0.480 e. The van der Waals surface area contributed by atoms with Gasteiger partial charge in [-0.1, -0.05) is 0 Å². The Hall–Kier alpha value is -1.79. The molecule has 1 aliphatic rings. The van der Waals surface area contributed by atoms with E-state index in [-0.39, 0.29) is 12.6 Å². The van der Waals surface area contributed by atoms with Crippen molar-refractivity contribution < 1.29 is 19.5 Å². The summed E-state index contributed by atoms with van der Waals surface area (Å²) in [7, 11) is 0. The van der Waals surface area contributed by atoms with Crippen LogP contribution in [0.2, 0.25) is 0 Å². The van der Waals surface area contributed by atoms with Crippen molar-refractivity contribution in [3.8, 4) is 0 Å². The van der Waals surface area contributed by atoms with Crippen LogP contribution in [0, 0.1) is 0 Å². The molecule has 0 aromatic rings. The predicted molar refractivity (Wildman–Crippen MR) is 50.0 cm³/mol. The van der Waals surface area contributed by atoms with E-state index in [1.54, 1.807) is 0 Å². The third-order valence-electron chi connectivity index (χ3n) is 1.86. The van der Waals surface area contributed by atoms with E-state index in [0.717, 1.165) is 17.7 Å². The lowest BCUT2D eigenvalue weighted by Crippen LogP contribution is -2.47. The lowest BCUT2D eigenvalue weighted by molar-refractivity contribution is -0.137. The van der Waals surface area contributed by atoms with E-state index in [4.69, 9.17) is 10.8 Å². The van der Waals surface area contributed by atoms with Crippen molar-refractivity contribution in [2.75, 3.05) is 13.1 Å². The van der Waals surface area contributed by atoms with E-state index >= 15 is 0 Å². The van der Waals surface area contributed by atoms with Crippen molar-refractivity contribution in [3.05, 3.63) is 0 Å². The van der Waals surface area contributed by atoms with Gasteiger partial charge in [0, 0.05) is 6.04 Å². The van der Waals surface area contributed by atoms with Crippen molar-refractivity contribution in [1.82, 2.24) is 10.2 Å². The van der Waals surface area contributed by atoms with Gasteiger partial charge in [-0.05, 0) is 12.8 Å². The number of rotatable bonds is 5. The van der Waals surface area contributed by atoms with Gasteiger partial charge in [0.25, 0.3) is 0 Å². The Morgan fingerprint density at radius 2 is 1.93 bits per heavy atom. The van der Waals surface area contributed by atoms with E-state index in [0.29, 0.717) is 0 Å². The molecule has 1 aliphatic carbocycles. The Kier molecular flexibility index (Phi) is 3.48. The van der Waals surface area contributed by atoms with Gasteiger partial charge in [0.1, 0.15) is 13.1 Å². The highest BCUT2D eigenvalue weighted by Gasteiger charge is 2.27. The van der Waals surface area contributed by atoms with Gasteiger partial charge in [-0.3, -0.25) is 9.59 Å². The Labute approximate surface area is 86.2 Å². The summed E-state index contributed by atoms with van der Waals surface area (Å²) in [5.41, 5.74) is 4.90. The molecule has 0 radical (unpaired) electrons. The third-order valence-corrected chi connectivity index (χ3v) is 1.86. The number of hydrogen-bond acceptors (Lipinski definition) is 3. The maximum Gasteiger partial charge on any atom is 0.323 e. The summed E-state index contributed by atoms with van der Waals surface area (Å²) in [6.07, 6.45) is 1.78. The second-order valence-corrected chi connectivity index (χ2v) is 3.44. The molecule has 0 aromatic heterocycles. The zero-order chi connectivity index (χ0) is 11.4. The van der Waals surface area contributed by atoms with Gasteiger partial charge in [0.15, 0.2) is 0 Å². The molecule has 0 unspecified atom stereocenters. The zero-order valence-electron chi connectivity index (χ0n) is 8.10. The minimum absolute atomic E-state index is 0.113. The van der Waals surface area contributed by atoms with E-state index in [1.807, 2.05) is 0 Å². The van der Waals surface area contributed by atoms with Crippen molar-refractivity contribution in [1.29, 1.82) is 0 Å². The average molecular weight is 215 g/mol. The number of amides is 3. The van der Waals surface area contributed by atoms with Crippen LogP contribution >= 0.6 is 0 Å². The maximum atomic E-state index is 11.4. The number of aliphatic carboxylic acids is 1. The van der Waals surface area contributed by atoms with Gasteiger partial charge in [-0.25, -0.2) is 4.79 Å². The molecule has 0 aliphatic heterocycles. The number of nitrogens with two attached hydrogens (primary N) is 1.